The summed E-state index contributed by atoms with van der Waals surface area (Å²) in [5.41, 5.74) is 3.53. The number of benzene rings is 1. The molecule has 0 bridgehead atoms. The highest BCUT2D eigenvalue weighted by molar-refractivity contribution is 8.18. The molecule has 8 heteroatoms. The number of aryl methyl sites for hydroxylation is 1. The van der Waals surface area contributed by atoms with E-state index in [-0.39, 0.29) is 16.6 Å². The van der Waals surface area contributed by atoms with Crippen LogP contribution in [0.1, 0.15) is 34.2 Å². The predicted octanol–water partition coefficient (Wildman–Crippen LogP) is 2.90. The molecule has 0 radical (unpaired) electrons. The lowest BCUT2D eigenvalue weighted by molar-refractivity contribution is -0.117. The summed E-state index contributed by atoms with van der Waals surface area (Å²) in [6.07, 6.45) is 1.73. The maximum absolute atomic E-state index is 12.1. The molecular weight excluding hydrogens is 366 g/mol. The van der Waals surface area contributed by atoms with Gasteiger partial charge in [0.1, 0.15) is 0 Å². The van der Waals surface area contributed by atoms with Crippen LogP contribution in [0.2, 0.25) is 0 Å². The number of carboxylic acid groups (broad SMARTS) is 1. The Balaban J connectivity index is 1.96. The molecule has 0 atom stereocenters. The summed E-state index contributed by atoms with van der Waals surface area (Å²) in [4.78, 5) is 38.7. The zero-order valence-corrected chi connectivity index (χ0v) is 15.8. The van der Waals surface area contributed by atoms with Crippen molar-refractivity contribution in [1.82, 2.24) is 9.88 Å². The Morgan fingerprint density at radius 1 is 1.26 bits per heavy atom. The van der Waals surface area contributed by atoms with Gasteiger partial charge in [-0.1, -0.05) is 6.07 Å². The normalized spacial score (nSPS) is 15.1. The lowest BCUT2D eigenvalue weighted by Gasteiger charge is -2.10. The van der Waals surface area contributed by atoms with Crippen LogP contribution in [0.15, 0.2) is 40.2 Å². The van der Waals surface area contributed by atoms with E-state index in [9.17, 15) is 19.5 Å². The van der Waals surface area contributed by atoms with Crippen LogP contribution in [-0.4, -0.2) is 32.6 Å². The Hall–Kier alpha value is -3.13. The van der Waals surface area contributed by atoms with E-state index in [2.05, 4.69) is 10.3 Å². The minimum atomic E-state index is -0.989. The van der Waals surface area contributed by atoms with E-state index in [0.717, 1.165) is 34.4 Å². The largest absolute Gasteiger partial charge is 0.478 e. The van der Waals surface area contributed by atoms with Crippen LogP contribution in [0.4, 0.5) is 0 Å². The Labute approximate surface area is 159 Å². The van der Waals surface area contributed by atoms with Gasteiger partial charge in [0.05, 0.1) is 10.5 Å². The molecule has 138 valence electrons. The molecule has 0 saturated carbocycles. The van der Waals surface area contributed by atoms with Gasteiger partial charge >= 0.3 is 5.97 Å². The van der Waals surface area contributed by atoms with Gasteiger partial charge in [0.15, 0.2) is 5.17 Å². The molecule has 1 aromatic heterocycles. The summed E-state index contributed by atoms with van der Waals surface area (Å²) in [5, 5.41) is 12.0. The van der Waals surface area contributed by atoms with E-state index < -0.39 is 11.9 Å². The van der Waals surface area contributed by atoms with Gasteiger partial charge in [-0.3, -0.25) is 9.59 Å². The van der Waals surface area contributed by atoms with Crippen LogP contribution >= 0.6 is 11.8 Å². The number of nitrogens with zero attached hydrogens (tertiary/aromatic N) is 2. The van der Waals surface area contributed by atoms with E-state index in [1.54, 1.807) is 18.2 Å². The summed E-state index contributed by atoms with van der Waals surface area (Å²) < 4.78 is 1.93. The van der Waals surface area contributed by atoms with Gasteiger partial charge in [-0.15, -0.1) is 0 Å². The second kappa shape index (κ2) is 7.24. The second-order valence-electron chi connectivity index (χ2n) is 6.03. The fourth-order valence-corrected chi connectivity index (χ4v) is 3.71. The second-order valence-corrected chi connectivity index (χ2v) is 7.06. The Morgan fingerprint density at radius 2 is 2.00 bits per heavy atom. The fourth-order valence-electron chi connectivity index (χ4n) is 2.86. The first-order chi connectivity index (χ1) is 12.8. The highest BCUT2D eigenvalue weighted by Gasteiger charge is 2.23. The molecule has 3 rings (SSSR count). The van der Waals surface area contributed by atoms with E-state index >= 15 is 0 Å². The van der Waals surface area contributed by atoms with Crippen LogP contribution in [0, 0.1) is 13.8 Å². The molecule has 1 aliphatic rings. The van der Waals surface area contributed by atoms with Crippen molar-refractivity contribution >= 4 is 40.8 Å². The molecule has 0 saturated heterocycles. The summed E-state index contributed by atoms with van der Waals surface area (Å²) in [6, 6.07) is 8.58. The minimum Gasteiger partial charge on any atom is -0.478 e. The number of amidine groups is 1. The summed E-state index contributed by atoms with van der Waals surface area (Å²) in [6.45, 7) is 5.16. The molecule has 0 fully saturated rings. The topological polar surface area (TPSA) is 101 Å². The zero-order chi connectivity index (χ0) is 19.7. The van der Waals surface area contributed by atoms with Gasteiger partial charge in [-0.25, -0.2) is 4.79 Å². The third-order valence-corrected chi connectivity index (χ3v) is 4.91. The average molecular weight is 383 g/mol. The molecule has 1 aliphatic heterocycles. The van der Waals surface area contributed by atoms with Crippen molar-refractivity contribution in [2.45, 2.75) is 20.8 Å². The maximum atomic E-state index is 12.1. The number of carbonyl (C=O) groups excluding carboxylic acids is 2. The molecule has 2 aromatic rings. The molecule has 0 aliphatic carbocycles. The third kappa shape index (κ3) is 3.85. The maximum Gasteiger partial charge on any atom is 0.335 e. The number of nitrogens with one attached hydrogen (secondary N) is 1. The van der Waals surface area contributed by atoms with Gasteiger partial charge in [0.2, 0.25) is 5.91 Å². The van der Waals surface area contributed by atoms with Crippen LogP contribution < -0.4 is 5.32 Å². The lowest BCUT2D eigenvalue weighted by Crippen LogP contribution is -2.23. The van der Waals surface area contributed by atoms with Gasteiger partial charge in [-0.05, 0) is 61.5 Å². The molecule has 2 heterocycles. The van der Waals surface area contributed by atoms with Gasteiger partial charge in [0, 0.05) is 24.0 Å². The van der Waals surface area contributed by atoms with Crippen LogP contribution in [0.25, 0.3) is 11.8 Å². The molecule has 2 N–H and O–H groups in total. The van der Waals surface area contributed by atoms with Crippen molar-refractivity contribution in [3.8, 4) is 5.69 Å². The van der Waals surface area contributed by atoms with E-state index in [1.165, 1.54) is 13.0 Å². The van der Waals surface area contributed by atoms with E-state index in [4.69, 9.17) is 0 Å². The monoisotopic (exact) mass is 383 g/mol. The number of hydrogen-bond acceptors (Lipinski definition) is 4. The van der Waals surface area contributed by atoms with Crippen LogP contribution in [0.5, 0.6) is 0 Å². The van der Waals surface area contributed by atoms with Gasteiger partial charge in [-0.2, -0.15) is 4.99 Å². The van der Waals surface area contributed by atoms with Gasteiger partial charge in [0.25, 0.3) is 5.91 Å². The number of amides is 2. The smallest absolute Gasteiger partial charge is 0.335 e. The molecule has 0 unspecified atom stereocenters. The minimum absolute atomic E-state index is 0.203. The molecule has 27 heavy (non-hydrogen) atoms. The van der Waals surface area contributed by atoms with Crippen molar-refractivity contribution in [3.63, 3.8) is 0 Å². The van der Waals surface area contributed by atoms with Crippen LogP contribution in [-0.2, 0) is 9.59 Å². The van der Waals surface area contributed by atoms with Crippen molar-refractivity contribution in [2.24, 2.45) is 4.99 Å². The van der Waals surface area contributed by atoms with Crippen molar-refractivity contribution in [1.29, 1.82) is 0 Å². The van der Waals surface area contributed by atoms with Crippen molar-refractivity contribution < 1.29 is 19.5 Å². The Bertz CT molecular complexity index is 1030. The first kappa shape index (κ1) is 18.7. The first-order valence-electron chi connectivity index (χ1n) is 8.09. The number of hydrogen-bond donors (Lipinski definition) is 2. The fraction of sp³-hybridized carbons (Fsp3) is 0.158. The third-order valence-electron chi connectivity index (χ3n) is 4.01. The number of aliphatic imine (C=N–C) groups is 1. The van der Waals surface area contributed by atoms with E-state index in [1.807, 2.05) is 30.5 Å². The van der Waals surface area contributed by atoms with Gasteiger partial charge < -0.3 is 15.0 Å². The van der Waals surface area contributed by atoms with Crippen LogP contribution in [0.3, 0.4) is 0 Å². The van der Waals surface area contributed by atoms with E-state index in [0.29, 0.717) is 4.91 Å². The Kier molecular flexibility index (Phi) is 5.00. The van der Waals surface area contributed by atoms with Crippen molar-refractivity contribution in [2.75, 3.05) is 0 Å². The summed E-state index contributed by atoms with van der Waals surface area (Å²) in [5.74, 6) is -1.68. The average Bonchev–Trinajstić information content (AvgIpc) is 3.06. The predicted molar refractivity (Wildman–Crippen MR) is 104 cm³/mol. The SMILES string of the molecule is CC(=O)NC1=NC(=O)/C(=C\c2cc(C)n(-c3cccc(C(=O)O)c3)c2C)S1. The van der Waals surface area contributed by atoms with Crippen molar-refractivity contribution in [3.05, 3.63) is 57.8 Å². The first-order valence-corrected chi connectivity index (χ1v) is 8.90. The number of aromatic nitrogens is 1. The highest BCUT2D eigenvalue weighted by Crippen LogP contribution is 2.30. The zero-order valence-electron chi connectivity index (χ0n) is 14.9. The standard InChI is InChI=1S/C19H17N3O4S/c1-10-7-14(9-16-17(24)21-19(27-16)20-12(3)23)11(2)22(10)15-6-4-5-13(8-15)18(25)26/h4-9H,1-3H3,(H,25,26)(H,20,21,23,24)/b16-9+. The number of thioether (sulfide) groups is 1. The number of rotatable bonds is 3. The number of carboxylic acids is 1. The quantitative estimate of drug-likeness (QED) is 0.794. The molecule has 0 spiro atoms. The summed E-state index contributed by atoms with van der Waals surface area (Å²) in [7, 11) is 0. The Morgan fingerprint density at radius 3 is 2.67 bits per heavy atom. The molecule has 2 amide bonds. The number of carbonyl (C=O) groups is 3. The summed E-state index contributed by atoms with van der Waals surface area (Å²) >= 11 is 1.11. The highest BCUT2D eigenvalue weighted by atomic mass is 32.2. The molecule has 1 aromatic carbocycles. The number of aromatic carboxylic acids is 1. The lowest BCUT2D eigenvalue weighted by atomic mass is 10.2. The molecular formula is C19H17N3O4S. The molecule has 7 nitrogen and oxygen atoms in total.